The summed E-state index contributed by atoms with van der Waals surface area (Å²) in [5, 5.41) is 0. The zero-order chi connectivity index (χ0) is 9.94. The van der Waals surface area contributed by atoms with Crippen LogP contribution in [-0.2, 0) is 0 Å². The van der Waals surface area contributed by atoms with Crippen LogP contribution in [0, 0.1) is 0 Å². The number of unbranched alkanes of at least 4 members (excludes halogenated alkanes) is 3. The van der Waals surface area contributed by atoms with Crippen molar-refractivity contribution < 1.29 is 5.48 Å². The van der Waals surface area contributed by atoms with Gasteiger partial charge in [0.1, 0.15) is 0 Å². The van der Waals surface area contributed by atoms with Gasteiger partial charge >= 0.3 is 0 Å². The largest absolute Gasteiger partial charge is 0.870 e. The van der Waals surface area contributed by atoms with Gasteiger partial charge < -0.3 is 5.48 Å². The third kappa shape index (κ3) is 16.0. The summed E-state index contributed by atoms with van der Waals surface area (Å²) >= 11 is 0. The molecule has 0 aliphatic carbocycles. The van der Waals surface area contributed by atoms with Gasteiger partial charge in [0.25, 0.3) is 0 Å². The van der Waals surface area contributed by atoms with E-state index < -0.39 is 0 Å². The van der Waals surface area contributed by atoms with E-state index in [2.05, 4.69) is 20.8 Å². The predicted octanol–water partition coefficient (Wildman–Crippen LogP) is 4.04. The maximum atomic E-state index is 2.32. The Morgan fingerprint density at radius 1 is 0.667 bits per heavy atom. The first-order valence-electron chi connectivity index (χ1n) is 6.18. The second-order valence-corrected chi connectivity index (χ2v) is 7.06. The molecule has 0 bridgehead atoms. The molecule has 15 heavy (non-hydrogen) atoms. The molecule has 0 aromatic carbocycles. The molecule has 0 aromatic rings. The van der Waals surface area contributed by atoms with Gasteiger partial charge in [0.05, 0.1) is 18.5 Å². The van der Waals surface area contributed by atoms with Crippen molar-refractivity contribution in [1.82, 2.24) is 0 Å². The van der Waals surface area contributed by atoms with Gasteiger partial charge in [-0.15, -0.1) is 0 Å². The maximum Gasteiger partial charge on any atom is 0.0571 e. The fourth-order valence-electron chi connectivity index (χ4n) is 1.66. The van der Waals surface area contributed by atoms with Crippen molar-refractivity contribution in [3.8, 4) is 0 Å². The first kappa shape index (κ1) is 22.2. The minimum absolute atomic E-state index is 0. The van der Waals surface area contributed by atoms with Crippen molar-refractivity contribution in [1.29, 1.82) is 0 Å². The Labute approximate surface area is 141 Å². The molecule has 1 nitrogen and oxygen atoms in total. The van der Waals surface area contributed by atoms with Crippen LogP contribution in [-0.4, -0.2) is 75.3 Å². The molecule has 0 aromatic heterocycles. The average molecular weight is 259 g/mol. The molecule has 0 rings (SSSR count). The van der Waals surface area contributed by atoms with Crippen LogP contribution in [0.15, 0.2) is 0 Å². The van der Waals surface area contributed by atoms with Crippen molar-refractivity contribution >= 4 is 59.3 Å². The second kappa shape index (κ2) is 18.4. The molecule has 0 spiro atoms. The summed E-state index contributed by atoms with van der Waals surface area (Å²) in [6.07, 6.45) is 13.4. The Bertz CT molecular complexity index is 82.6. The zero-order valence-corrected chi connectivity index (χ0v) is 15.4. The van der Waals surface area contributed by atoms with Crippen molar-refractivity contribution in [3.05, 3.63) is 0 Å². The normalized spacial score (nSPS) is 9.60. The Balaban J connectivity index is -0.000000720. The molecule has 3 heteroatoms. The minimum Gasteiger partial charge on any atom is -0.870 e. The van der Waals surface area contributed by atoms with Crippen LogP contribution in [0.1, 0.15) is 59.3 Å². The molecule has 0 unspecified atom stereocenters. The van der Waals surface area contributed by atoms with Gasteiger partial charge in [0.15, 0.2) is 0 Å². The smallest absolute Gasteiger partial charge is 0.0571 e. The zero-order valence-electron chi connectivity index (χ0n) is 11.3. The molecule has 0 fully saturated rings. The second-order valence-electron chi connectivity index (χ2n) is 4.06. The van der Waals surface area contributed by atoms with Crippen molar-refractivity contribution in [3.63, 3.8) is 0 Å². The van der Waals surface area contributed by atoms with E-state index in [4.69, 9.17) is 0 Å². The van der Waals surface area contributed by atoms with Gasteiger partial charge in [-0.25, -0.2) is 0 Å². The van der Waals surface area contributed by atoms with Crippen LogP contribution in [0.3, 0.4) is 0 Å². The molecular weight excluding hydrogens is 230 g/mol. The van der Waals surface area contributed by atoms with Gasteiger partial charge in [-0.05, 0) is 19.3 Å². The molecule has 0 saturated carbocycles. The Morgan fingerprint density at radius 3 is 1.13 bits per heavy atom. The number of hydrogen-bond acceptors (Lipinski definition) is 1. The fraction of sp³-hybridized carbons (Fsp3) is 1.00. The molecule has 1 radical (unpaired) electrons. The minimum atomic E-state index is 0. The molecule has 0 saturated heterocycles. The van der Waals surface area contributed by atoms with Crippen LogP contribution in [0.2, 0.25) is 0 Å². The Kier molecular flexibility index (Phi) is 27.3. The van der Waals surface area contributed by atoms with Crippen LogP contribution in [0.4, 0.5) is 0 Å². The summed E-state index contributed by atoms with van der Waals surface area (Å²) in [5.74, 6) is 0. The van der Waals surface area contributed by atoms with Crippen LogP contribution >= 0.6 is 7.92 Å². The van der Waals surface area contributed by atoms with Gasteiger partial charge in [-0.1, -0.05) is 40.0 Å². The van der Waals surface area contributed by atoms with Gasteiger partial charge in [0, 0.05) is 59.3 Å². The van der Waals surface area contributed by atoms with E-state index in [9.17, 15) is 0 Å². The summed E-state index contributed by atoms with van der Waals surface area (Å²) in [4.78, 5) is 0. The third-order valence-corrected chi connectivity index (χ3v) is 5.83. The van der Waals surface area contributed by atoms with E-state index in [1.807, 2.05) is 0 Å². The maximum absolute atomic E-state index is 2.32. The fourth-order valence-corrected chi connectivity index (χ4v) is 4.97. The van der Waals surface area contributed by atoms with Gasteiger partial charge in [0.2, 0.25) is 0 Å². The van der Waals surface area contributed by atoms with Crippen LogP contribution in [0.5, 0.6) is 0 Å². The molecule has 0 aliphatic rings. The molecule has 0 aliphatic heterocycles. The molecular formula is C12H29KOP. The topological polar surface area (TPSA) is 30.0 Å². The molecule has 1 N–H and O–H groups in total. The van der Waals surface area contributed by atoms with Crippen LogP contribution < -0.4 is 0 Å². The van der Waals surface area contributed by atoms with Gasteiger partial charge in [-0.2, -0.15) is 0 Å². The number of rotatable bonds is 9. The third-order valence-electron chi connectivity index (χ3n) is 2.65. The van der Waals surface area contributed by atoms with Crippen molar-refractivity contribution in [2.45, 2.75) is 59.3 Å². The summed E-state index contributed by atoms with van der Waals surface area (Å²) in [7, 11) is 0.0675. The Hall–Kier alpha value is 2.03. The van der Waals surface area contributed by atoms with E-state index in [1.54, 1.807) is 18.5 Å². The summed E-state index contributed by atoms with van der Waals surface area (Å²) in [6.45, 7) is 6.96. The van der Waals surface area contributed by atoms with E-state index in [1.165, 1.54) is 38.5 Å². The molecule has 0 atom stereocenters. The predicted molar refractivity (Wildman–Crippen MR) is 75.3 cm³/mol. The first-order chi connectivity index (χ1) is 6.35. The van der Waals surface area contributed by atoms with Crippen LogP contribution in [0.25, 0.3) is 0 Å². The van der Waals surface area contributed by atoms with Crippen molar-refractivity contribution in [2.24, 2.45) is 0 Å². The number of hydrogen-bond donors (Lipinski definition) is 0. The van der Waals surface area contributed by atoms with E-state index in [0.29, 0.717) is 0 Å². The van der Waals surface area contributed by atoms with E-state index >= 15 is 0 Å². The first-order valence-corrected chi connectivity index (χ1v) is 8.30. The quantitative estimate of drug-likeness (QED) is 0.454. The average Bonchev–Trinajstić information content (AvgIpc) is 2.17. The Morgan fingerprint density at radius 2 is 0.933 bits per heavy atom. The SMILES string of the molecule is CCCC[PH+](CCCC)CCCC.[K].[OH-]. The molecule has 89 valence electrons. The molecule has 0 amide bonds. The van der Waals surface area contributed by atoms with Gasteiger partial charge in [-0.3, -0.25) is 0 Å². The monoisotopic (exact) mass is 259 g/mol. The van der Waals surface area contributed by atoms with E-state index in [0.717, 1.165) is 0 Å². The summed E-state index contributed by atoms with van der Waals surface area (Å²) < 4.78 is 0. The van der Waals surface area contributed by atoms with Crippen molar-refractivity contribution in [2.75, 3.05) is 18.5 Å². The molecule has 0 heterocycles. The summed E-state index contributed by atoms with van der Waals surface area (Å²) in [6, 6.07) is 0. The van der Waals surface area contributed by atoms with E-state index in [-0.39, 0.29) is 64.8 Å². The standard InChI is InChI=1S/C12H27P.K.H2O/c1-4-7-10-13(11-8-5-2)12-9-6-3;;/h4-12H2,1-3H3;;1H2. The summed E-state index contributed by atoms with van der Waals surface area (Å²) in [5.41, 5.74) is 0.